The molecule has 0 radical (unpaired) electrons. The average Bonchev–Trinajstić information content (AvgIpc) is 3.05. The molecule has 0 atom stereocenters. The second-order valence-electron chi connectivity index (χ2n) is 6.00. The number of carbonyl (C=O) groups is 1. The monoisotopic (exact) mass is 317 g/mol. The summed E-state index contributed by atoms with van der Waals surface area (Å²) in [4.78, 5) is 21.1. The van der Waals surface area contributed by atoms with Crippen LogP contribution in [0.15, 0.2) is 28.2 Å². The average molecular weight is 317 g/mol. The summed E-state index contributed by atoms with van der Waals surface area (Å²) in [5.41, 5.74) is 1.08. The Hall–Kier alpha value is -1.66. The molecule has 0 N–H and O–H groups in total. The molecule has 2 aromatic rings. The first-order valence-electron chi connectivity index (χ1n) is 7.79. The minimum absolute atomic E-state index is 0.334. The highest BCUT2D eigenvalue weighted by atomic mass is 32.1. The molecule has 116 valence electrons. The Morgan fingerprint density at radius 1 is 1.32 bits per heavy atom. The largest absolute Gasteiger partial charge is 0.462 e. The van der Waals surface area contributed by atoms with Crippen molar-refractivity contribution < 1.29 is 9.21 Å². The van der Waals surface area contributed by atoms with Crippen LogP contribution in [0, 0.1) is 5.92 Å². The third-order valence-corrected chi connectivity index (χ3v) is 5.19. The van der Waals surface area contributed by atoms with Crippen molar-refractivity contribution >= 4 is 17.2 Å². The van der Waals surface area contributed by atoms with Crippen LogP contribution in [0.3, 0.4) is 0 Å². The third kappa shape index (κ3) is 2.94. The first kappa shape index (κ1) is 14.0. The van der Waals surface area contributed by atoms with E-state index >= 15 is 0 Å². The quantitative estimate of drug-likeness (QED) is 0.869. The van der Waals surface area contributed by atoms with E-state index in [9.17, 15) is 4.79 Å². The van der Waals surface area contributed by atoms with Gasteiger partial charge in [-0.25, -0.2) is 4.98 Å². The minimum atomic E-state index is 0.334. The molecule has 1 aliphatic heterocycles. The lowest BCUT2D eigenvalue weighted by Gasteiger charge is -2.34. The molecule has 4 rings (SSSR count). The van der Waals surface area contributed by atoms with Gasteiger partial charge in [-0.2, -0.15) is 0 Å². The zero-order valence-corrected chi connectivity index (χ0v) is 13.2. The molecule has 1 saturated carbocycles. The Morgan fingerprint density at radius 3 is 2.82 bits per heavy atom. The number of amides is 1. The summed E-state index contributed by atoms with van der Waals surface area (Å²) < 4.78 is 5.38. The maximum Gasteiger partial charge on any atom is 0.225 e. The Kier molecular flexibility index (Phi) is 3.72. The molecule has 2 fully saturated rings. The fraction of sp³-hybridized carbons (Fsp3) is 0.500. The van der Waals surface area contributed by atoms with Gasteiger partial charge in [-0.15, -0.1) is 11.3 Å². The van der Waals surface area contributed by atoms with Gasteiger partial charge >= 0.3 is 0 Å². The van der Waals surface area contributed by atoms with E-state index in [1.54, 1.807) is 17.6 Å². The van der Waals surface area contributed by atoms with E-state index < -0.39 is 0 Å². The molecular formula is C16H19N3O2S. The number of nitrogens with zero attached hydrogens (tertiary/aromatic N) is 3. The Labute approximate surface area is 133 Å². The summed E-state index contributed by atoms with van der Waals surface area (Å²) in [5, 5.41) is 3.03. The van der Waals surface area contributed by atoms with Gasteiger partial charge in [-0.3, -0.25) is 9.69 Å². The van der Waals surface area contributed by atoms with Crippen molar-refractivity contribution in [3.05, 3.63) is 29.5 Å². The number of aromatic nitrogens is 1. The van der Waals surface area contributed by atoms with E-state index in [0.29, 0.717) is 11.8 Å². The Morgan fingerprint density at radius 2 is 2.14 bits per heavy atom. The van der Waals surface area contributed by atoms with Crippen LogP contribution >= 0.6 is 11.3 Å². The summed E-state index contributed by atoms with van der Waals surface area (Å²) in [6, 6.07) is 3.82. The Balaban J connectivity index is 1.32. The molecule has 2 aromatic heterocycles. The highest BCUT2D eigenvalue weighted by Crippen LogP contribution is 2.31. The van der Waals surface area contributed by atoms with Crippen molar-refractivity contribution in [3.8, 4) is 10.8 Å². The number of thiazole rings is 1. The van der Waals surface area contributed by atoms with Crippen LogP contribution in [-0.2, 0) is 11.3 Å². The minimum Gasteiger partial charge on any atom is -0.462 e. The molecule has 22 heavy (non-hydrogen) atoms. The van der Waals surface area contributed by atoms with Gasteiger partial charge in [0.1, 0.15) is 0 Å². The second-order valence-corrected chi connectivity index (χ2v) is 6.86. The highest BCUT2D eigenvalue weighted by Gasteiger charge is 2.34. The van der Waals surface area contributed by atoms with Gasteiger partial charge in [0.05, 0.1) is 12.0 Å². The summed E-state index contributed by atoms with van der Waals surface area (Å²) in [5.74, 6) is 1.53. The van der Waals surface area contributed by atoms with Crippen LogP contribution in [0.1, 0.15) is 18.5 Å². The summed E-state index contributed by atoms with van der Waals surface area (Å²) in [7, 11) is 0. The smallest absolute Gasteiger partial charge is 0.225 e. The normalized spacial score (nSPS) is 19.5. The number of carbonyl (C=O) groups excluding carboxylic acids is 1. The SMILES string of the molecule is O=C(C1CC1)N1CCN(Cc2csc(-c3ccco3)n2)CC1. The molecule has 0 unspecified atom stereocenters. The zero-order valence-electron chi connectivity index (χ0n) is 12.4. The molecule has 6 heteroatoms. The van der Waals surface area contributed by atoms with Crippen LogP contribution < -0.4 is 0 Å². The van der Waals surface area contributed by atoms with Crippen molar-refractivity contribution in [2.45, 2.75) is 19.4 Å². The molecule has 1 saturated heterocycles. The van der Waals surface area contributed by atoms with E-state index in [1.165, 1.54) is 0 Å². The van der Waals surface area contributed by atoms with Crippen molar-refractivity contribution in [1.82, 2.24) is 14.8 Å². The van der Waals surface area contributed by atoms with Gasteiger partial charge in [0, 0.05) is 44.0 Å². The van der Waals surface area contributed by atoms with Gasteiger partial charge in [0.2, 0.25) is 5.91 Å². The molecule has 2 aliphatic rings. The molecular weight excluding hydrogens is 298 g/mol. The van der Waals surface area contributed by atoms with Crippen LogP contribution in [-0.4, -0.2) is 46.9 Å². The third-order valence-electron chi connectivity index (χ3n) is 4.28. The Bertz CT molecular complexity index is 640. The summed E-state index contributed by atoms with van der Waals surface area (Å²) in [6.45, 7) is 4.43. The fourth-order valence-corrected chi connectivity index (χ4v) is 3.61. The van der Waals surface area contributed by atoms with Gasteiger partial charge < -0.3 is 9.32 Å². The number of furan rings is 1. The topological polar surface area (TPSA) is 49.6 Å². The number of hydrogen-bond acceptors (Lipinski definition) is 5. The fourth-order valence-electron chi connectivity index (χ4n) is 2.84. The first-order chi connectivity index (χ1) is 10.8. The molecule has 0 spiro atoms. The van der Waals surface area contributed by atoms with Crippen molar-refractivity contribution in [2.24, 2.45) is 5.92 Å². The molecule has 5 nitrogen and oxygen atoms in total. The zero-order chi connectivity index (χ0) is 14.9. The predicted molar refractivity (Wildman–Crippen MR) is 84.4 cm³/mol. The van der Waals surface area contributed by atoms with Gasteiger partial charge in [0.25, 0.3) is 0 Å². The van der Waals surface area contributed by atoms with Crippen LogP contribution in [0.2, 0.25) is 0 Å². The molecule has 0 aromatic carbocycles. The van der Waals surface area contributed by atoms with Crippen LogP contribution in [0.5, 0.6) is 0 Å². The lowest BCUT2D eigenvalue weighted by molar-refractivity contribution is -0.134. The molecule has 1 aliphatic carbocycles. The summed E-state index contributed by atoms with van der Waals surface area (Å²) >= 11 is 1.62. The van der Waals surface area contributed by atoms with E-state index in [2.05, 4.69) is 15.3 Å². The molecule has 0 bridgehead atoms. The van der Waals surface area contributed by atoms with Crippen molar-refractivity contribution in [3.63, 3.8) is 0 Å². The van der Waals surface area contributed by atoms with Gasteiger partial charge in [-0.05, 0) is 25.0 Å². The predicted octanol–water partition coefficient (Wildman–Crippen LogP) is 2.46. The van der Waals surface area contributed by atoms with E-state index in [0.717, 1.165) is 62.0 Å². The maximum absolute atomic E-state index is 12.0. The van der Waals surface area contributed by atoms with E-state index in [1.807, 2.05) is 17.0 Å². The number of hydrogen-bond donors (Lipinski definition) is 0. The van der Waals surface area contributed by atoms with Gasteiger partial charge in [0.15, 0.2) is 10.8 Å². The molecule has 3 heterocycles. The van der Waals surface area contributed by atoms with Crippen molar-refractivity contribution in [2.75, 3.05) is 26.2 Å². The number of piperazine rings is 1. The van der Waals surface area contributed by atoms with Crippen LogP contribution in [0.4, 0.5) is 0 Å². The van der Waals surface area contributed by atoms with E-state index in [4.69, 9.17) is 4.42 Å². The van der Waals surface area contributed by atoms with Crippen molar-refractivity contribution in [1.29, 1.82) is 0 Å². The van der Waals surface area contributed by atoms with E-state index in [-0.39, 0.29) is 0 Å². The first-order valence-corrected chi connectivity index (χ1v) is 8.67. The molecule has 1 amide bonds. The summed E-state index contributed by atoms with van der Waals surface area (Å²) in [6.07, 6.45) is 3.85. The number of rotatable bonds is 4. The standard InChI is InChI=1S/C16H19N3O2S/c20-16(12-3-4-12)19-7-5-18(6-8-19)10-13-11-22-15(17-13)14-2-1-9-21-14/h1-2,9,11-12H,3-8,10H2. The lowest BCUT2D eigenvalue weighted by Crippen LogP contribution is -2.48. The highest BCUT2D eigenvalue weighted by molar-refractivity contribution is 7.13. The maximum atomic E-state index is 12.0. The second kappa shape index (κ2) is 5.85. The van der Waals surface area contributed by atoms with Crippen LogP contribution in [0.25, 0.3) is 10.8 Å². The van der Waals surface area contributed by atoms with Gasteiger partial charge in [-0.1, -0.05) is 0 Å². The lowest BCUT2D eigenvalue weighted by atomic mass is 10.2.